The topological polar surface area (TPSA) is 120 Å². The second-order valence-electron chi connectivity index (χ2n) is 7.75. The van der Waals surface area contributed by atoms with Crippen molar-refractivity contribution in [3.05, 3.63) is 83.8 Å². The average Bonchev–Trinajstić information content (AvgIpc) is 3.30. The van der Waals surface area contributed by atoms with Crippen molar-refractivity contribution in [1.82, 2.24) is 26.0 Å². The summed E-state index contributed by atoms with van der Waals surface area (Å²) in [4.78, 5) is 29.9. The first-order valence-electron chi connectivity index (χ1n) is 11.2. The zero-order chi connectivity index (χ0) is 24.5. The zero-order valence-corrected chi connectivity index (χ0v) is 19.7. The van der Waals surface area contributed by atoms with Gasteiger partial charge in [-0.3, -0.25) is 24.9 Å². The maximum absolute atomic E-state index is 12.7. The molecule has 0 radical (unpaired) electrons. The second kappa shape index (κ2) is 12.0. The van der Waals surface area contributed by atoms with E-state index in [2.05, 4.69) is 20.5 Å². The lowest BCUT2D eigenvalue weighted by molar-refractivity contribution is -0.129. The quantitative estimate of drug-likeness (QED) is 0.146. The molecule has 0 unspecified atom stereocenters. The van der Waals surface area contributed by atoms with E-state index >= 15 is 0 Å². The summed E-state index contributed by atoms with van der Waals surface area (Å²) in [6.45, 7) is 0.450. The molecule has 0 saturated carbocycles. The molecular weight excluding hydrogens is 462 g/mol. The number of carbonyl (C=O) groups excluding carboxylic acids is 2. The standard InChI is InChI=1S/C26H25N5O3S/c32-25(31-34)10-4-6-16-28-26(33)21-8-1-2-9-24(21)35-19-12-13-20-22(29-30-23(20)17-19)14-11-18-7-3-5-15-27-18/h1-3,5,7-9,11-15,17,34H,4,6,10,16H2,(H,28,33)(H,29,30)(H,31,32)/b14-11+. The van der Waals surface area contributed by atoms with Gasteiger partial charge in [-0.2, -0.15) is 5.10 Å². The van der Waals surface area contributed by atoms with E-state index in [0.29, 0.717) is 24.9 Å². The van der Waals surface area contributed by atoms with Crippen LogP contribution >= 0.6 is 11.8 Å². The van der Waals surface area contributed by atoms with E-state index < -0.39 is 5.91 Å². The van der Waals surface area contributed by atoms with Crippen LogP contribution in [0.15, 0.2) is 76.7 Å². The first kappa shape index (κ1) is 24.2. The number of fused-ring (bicyclic) bond motifs is 1. The van der Waals surface area contributed by atoms with Gasteiger partial charge in [-0.1, -0.05) is 30.0 Å². The molecule has 4 aromatic rings. The number of hydrogen-bond donors (Lipinski definition) is 4. The molecule has 4 rings (SSSR count). The van der Waals surface area contributed by atoms with Crippen LogP contribution in [-0.2, 0) is 4.79 Å². The molecule has 0 fully saturated rings. The molecule has 178 valence electrons. The fraction of sp³-hybridized carbons (Fsp3) is 0.154. The minimum absolute atomic E-state index is 0.163. The number of carbonyl (C=O) groups is 2. The highest BCUT2D eigenvalue weighted by molar-refractivity contribution is 7.99. The van der Waals surface area contributed by atoms with Crippen molar-refractivity contribution in [2.45, 2.75) is 29.1 Å². The lowest BCUT2D eigenvalue weighted by Crippen LogP contribution is -2.25. The molecule has 2 amide bonds. The van der Waals surface area contributed by atoms with E-state index in [0.717, 1.165) is 32.1 Å². The highest BCUT2D eigenvalue weighted by Crippen LogP contribution is 2.32. The Morgan fingerprint density at radius 3 is 2.71 bits per heavy atom. The van der Waals surface area contributed by atoms with Crippen LogP contribution in [0.1, 0.15) is 41.0 Å². The third kappa shape index (κ3) is 6.56. The van der Waals surface area contributed by atoms with Gasteiger partial charge in [-0.05, 0) is 67.5 Å². The van der Waals surface area contributed by atoms with E-state index in [1.54, 1.807) is 17.7 Å². The Bertz CT molecular complexity index is 1340. The summed E-state index contributed by atoms with van der Waals surface area (Å²) in [5.74, 6) is -0.590. The summed E-state index contributed by atoms with van der Waals surface area (Å²) >= 11 is 1.51. The third-order valence-corrected chi connectivity index (χ3v) is 6.33. The summed E-state index contributed by atoms with van der Waals surface area (Å²) in [6, 6.07) is 19.3. The van der Waals surface area contributed by atoms with E-state index in [1.165, 1.54) is 11.8 Å². The summed E-state index contributed by atoms with van der Waals surface area (Å²) in [7, 11) is 0. The largest absolute Gasteiger partial charge is 0.352 e. The van der Waals surface area contributed by atoms with Gasteiger partial charge in [0.25, 0.3) is 5.91 Å². The van der Waals surface area contributed by atoms with Crippen LogP contribution in [0.3, 0.4) is 0 Å². The van der Waals surface area contributed by atoms with Gasteiger partial charge in [0.15, 0.2) is 0 Å². The number of hydrogen-bond acceptors (Lipinski definition) is 6. The minimum atomic E-state index is -0.427. The lowest BCUT2D eigenvalue weighted by Gasteiger charge is -2.10. The van der Waals surface area contributed by atoms with Gasteiger partial charge in [-0.25, -0.2) is 5.48 Å². The van der Waals surface area contributed by atoms with E-state index in [-0.39, 0.29) is 12.3 Å². The van der Waals surface area contributed by atoms with Crippen LogP contribution < -0.4 is 10.8 Å². The number of benzene rings is 2. The van der Waals surface area contributed by atoms with Crippen molar-refractivity contribution >= 4 is 46.6 Å². The van der Waals surface area contributed by atoms with E-state index in [9.17, 15) is 9.59 Å². The van der Waals surface area contributed by atoms with Crippen LogP contribution in [0.2, 0.25) is 0 Å². The molecule has 0 aliphatic carbocycles. The molecule has 0 aliphatic rings. The molecule has 2 aromatic carbocycles. The maximum Gasteiger partial charge on any atom is 0.252 e. The monoisotopic (exact) mass is 487 g/mol. The fourth-order valence-electron chi connectivity index (χ4n) is 3.48. The SMILES string of the molecule is O=C(CCCCNC(=O)c1ccccc1Sc1ccc2c(/C=C/c3ccccn3)n[nH]c2c1)NO. The molecule has 0 atom stereocenters. The predicted molar refractivity (Wildman–Crippen MR) is 136 cm³/mol. The first-order chi connectivity index (χ1) is 17.1. The molecule has 0 aliphatic heterocycles. The van der Waals surface area contributed by atoms with Gasteiger partial charge in [0, 0.05) is 34.3 Å². The first-order valence-corrected chi connectivity index (χ1v) is 12.0. The number of aromatic amines is 1. The Morgan fingerprint density at radius 2 is 1.89 bits per heavy atom. The number of H-pyrrole nitrogens is 1. The molecule has 2 heterocycles. The summed E-state index contributed by atoms with van der Waals surface area (Å²) < 4.78 is 0. The van der Waals surface area contributed by atoms with Crippen molar-refractivity contribution in [3.8, 4) is 0 Å². The Kier molecular flexibility index (Phi) is 8.26. The van der Waals surface area contributed by atoms with Gasteiger partial charge < -0.3 is 5.32 Å². The van der Waals surface area contributed by atoms with Gasteiger partial charge in [-0.15, -0.1) is 0 Å². The number of rotatable bonds is 10. The summed E-state index contributed by atoms with van der Waals surface area (Å²) in [5, 5.41) is 19.9. The average molecular weight is 488 g/mol. The lowest BCUT2D eigenvalue weighted by atomic mass is 10.2. The van der Waals surface area contributed by atoms with Crippen LogP contribution in [0.25, 0.3) is 23.1 Å². The maximum atomic E-state index is 12.7. The van der Waals surface area contributed by atoms with E-state index in [1.807, 2.05) is 66.7 Å². The highest BCUT2D eigenvalue weighted by Gasteiger charge is 2.13. The molecule has 2 aromatic heterocycles. The number of nitrogens with one attached hydrogen (secondary N) is 3. The normalized spacial score (nSPS) is 11.1. The molecule has 0 spiro atoms. The van der Waals surface area contributed by atoms with Crippen LogP contribution in [0.4, 0.5) is 0 Å². The van der Waals surface area contributed by atoms with Crippen LogP contribution in [0.5, 0.6) is 0 Å². The molecular formula is C26H25N5O3S. The highest BCUT2D eigenvalue weighted by atomic mass is 32.2. The summed E-state index contributed by atoms with van der Waals surface area (Å²) in [5.41, 5.74) is 4.80. The van der Waals surface area contributed by atoms with Crippen molar-refractivity contribution < 1.29 is 14.8 Å². The van der Waals surface area contributed by atoms with Crippen LogP contribution in [0, 0.1) is 0 Å². The van der Waals surface area contributed by atoms with Crippen LogP contribution in [-0.4, -0.2) is 38.7 Å². The van der Waals surface area contributed by atoms with Gasteiger partial charge in [0.05, 0.1) is 22.5 Å². The molecule has 4 N–H and O–H groups in total. The van der Waals surface area contributed by atoms with Crippen molar-refractivity contribution in [1.29, 1.82) is 0 Å². The molecule has 35 heavy (non-hydrogen) atoms. The third-order valence-electron chi connectivity index (χ3n) is 5.26. The number of pyridine rings is 1. The Balaban J connectivity index is 1.41. The Labute approximate surface area is 206 Å². The molecule has 9 heteroatoms. The summed E-state index contributed by atoms with van der Waals surface area (Å²) in [6.07, 6.45) is 7.05. The van der Waals surface area contributed by atoms with Crippen molar-refractivity contribution in [2.24, 2.45) is 0 Å². The zero-order valence-electron chi connectivity index (χ0n) is 18.9. The number of nitrogens with zero attached hydrogens (tertiary/aromatic N) is 2. The van der Waals surface area contributed by atoms with Gasteiger partial charge >= 0.3 is 0 Å². The molecule has 0 bridgehead atoms. The Hall–Kier alpha value is -3.95. The molecule has 8 nitrogen and oxygen atoms in total. The number of aromatic nitrogens is 3. The second-order valence-corrected chi connectivity index (χ2v) is 8.87. The molecule has 0 saturated heterocycles. The smallest absolute Gasteiger partial charge is 0.252 e. The van der Waals surface area contributed by atoms with Crippen molar-refractivity contribution in [3.63, 3.8) is 0 Å². The van der Waals surface area contributed by atoms with Gasteiger partial charge in [0.1, 0.15) is 0 Å². The minimum Gasteiger partial charge on any atom is -0.352 e. The Morgan fingerprint density at radius 1 is 1.03 bits per heavy atom. The fourth-order valence-corrected chi connectivity index (χ4v) is 4.47. The number of unbranched alkanes of at least 4 members (excludes halogenated alkanes) is 1. The van der Waals surface area contributed by atoms with Crippen molar-refractivity contribution in [2.75, 3.05) is 6.54 Å². The number of hydroxylamine groups is 1. The van der Waals surface area contributed by atoms with Gasteiger partial charge in [0.2, 0.25) is 5.91 Å². The predicted octanol–water partition coefficient (Wildman–Crippen LogP) is 4.69. The van der Waals surface area contributed by atoms with E-state index in [4.69, 9.17) is 5.21 Å². The number of amides is 2.